The molecule has 4 rings (SSSR count). The molecule has 2 heterocycles. The van der Waals surface area contributed by atoms with E-state index < -0.39 is 0 Å². The summed E-state index contributed by atoms with van der Waals surface area (Å²) in [6.45, 7) is 0. The van der Waals surface area contributed by atoms with Crippen LogP contribution < -0.4 is 0 Å². The van der Waals surface area contributed by atoms with E-state index in [-0.39, 0.29) is 5.78 Å². The van der Waals surface area contributed by atoms with E-state index in [2.05, 4.69) is 15.9 Å². The van der Waals surface area contributed by atoms with Gasteiger partial charge in [-0.3, -0.25) is 4.79 Å². The summed E-state index contributed by atoms with van der Waals surface area (Å²) in [4.78, 5) is 13.1. The normalized spacial score (nSPS) is 11.1. The minimum Gasteiger partial charge on any atom is -0.288 e. The summed E-state index contributed by atoms with van der Waals surface area (Å²) in [6, 6.07) is 21.6. The van der Waals surface area contributed by atoms with Gasteiger partial charge in [-0.05, 0) is 47.9 Å². The number of carbonyl (C=O) groups excluding carboxylic acids is 1. The molecule has 0 bridgehead atoms. The van der Waals surface area contributed by atoms with Gasteiger partial charge in [0.2, 0.25) is 0 Å². The first-order chi connectivity index (χ1) is 13.2. The Kier molecular flexibility index (Phi) is 5.14. The highest BCUT2D eigenvalue weighted by Gasteiger charge is 2.12. The van der Waals surface area contributed by atoms with Crippen LogP contribution in [0.4, 0.5) is 0 Å². The number of benzene rings is 2. The molecule has 0 aliphatic rings. The van der Waals surface area contributed by atoms with Crippen LogP contribution in [0.3, 0.4) is 0 Å². The van der Waals surface area contributed by atoms with Crippen molar-refractivity contribution in [1.29, 1.82) is 0 Å². The van der Waals surface area contributed by atoms with Crippen molar-refractivity contribution in [2.45, 2.75) is 0 Å². The van der Waals surface area contributed by atoms with Crippen molar-refractivity contribution in [3.8, 4) is 16.9 Å². The first-order valence-corrected chi connectivity index (χ1v) is 10.0. The Hall–Kier alpha value is -2.76. The van der Waals surface area contributed by atoms with Crippen molar-refractivity contribution in [3.05, 3.63) is 99.3 Å². The van der Waals surface area contributed by atoms with E-state index >= 15 is 0 Å². The van der Waals surface area contributed by atoms with Gasteiger partial charge < -0.3 is 0 Å². The molecule has 0 aliphatic carbocycles. The number of ketones is 1. The van der Waals surface area contributed by atoms with Crippen LogP contribution in [0.2, 0.25) is 0 Å². The molecule has 0 fully saturated rings. The lowest BCUT2D eigenvalue weighted by Crippen LogP contribution is -1.93. The van der Waals surface area contributed by atoms with Crippen molar-refractivity contribution >= 4 is 39.1 Å². The fourth-order valence-electron chi connectivity index (χ4n) is 2.75. The molecule has 0 spiro atoms. The zero-order valence-electron chi connectivity index (χ0n) is 14.2. The summed E-state index contributed by atoms with van der Waals surface area (Å²) in [5, 5.41) is 6.67. The minimum atomic E-state index is -0.00217. The lowest BCUT2D eigenvalue weighted by Gasteiger charge is -2.01. The molecule has 4 aromatic rings. The molecule has 2 aromatic carbocycles. The average molecular weight is 435 g/mol. The lowest BCUT2D eigenvalue weighted by atomic mass is 10.1. The highest BCUT2D eigenvalue weighted by atomic mass is 79.9. The maximum Gasteiger partial charge on any atom is 0.195 e. The fraction of sp³-hybridized carbons (Fsp3) is 0. The molecule has 0 aliphatic heterocycles. The number of hydrogen-bond acceptors (Lipinski definition) is 3. The first-order valence-electron chi connectivity index (χ1n) is 8.38. The summed E-state index contributed by atoms with van der Waals surface area (Å²) in [5.41, 5.74) is 3.68. The molecule has 3 nitrogen and oxygen atoms in total. The predicted octanol–water partition coefficient (Wildman–Crippen LogP) is 6.26. The van der Waals surface area contributed by atoms with Gasteiger partial charge in [-0.2, -0.15) is 5.10 Å². The molecule has 5 heteroatoms. The lowest BCUT2D eigenvalue weighted by molar-refractivity contribution is 0.105. The van der Waals surface area contributed by atoms with E-state index in [1.165, 1.54) is 11.3 Å². The number of carbonyl (C=O) groups is 1. The first kappa shape index (κ1) is 17.6. The summed E-state index contributed by atoms with van der Waals surface area (Å²) >= 11 is 4.96. The van der Waals surface area contributed by atoms with Crippen molar-refractivity contribution in [3.63, 3.8) is 0 Å². The van der Waals surface area contributed by atoms with E-state index in [1.54, 1.807) is 6.08 Å². The Labute approximate surface area is 169 Å². The Balaban J connectivity index is 1.76. The van der Waals surface area contributed by atoms with Crippen molar-refractivity contribution in [1.82, 2.24) is 9.78 Å². The topological polar surface area (TPSA) is 34.9 Å². The van der Waals surface area contributed by atoms with Crippen LogP contribution in [0.1, 0.15) is 15.2 Å². The molecule has 0 amide bonds. The minimum absolute atomic E-state index is 0.00217. The number of aromatic nitrogens is 2. The van der Waals surface area contributed by atoms with Crippen molar-refractivity contribution < 1.29 is 4.79 Å². The second kappa shape index (κ2) is 7.86. The van der Waals surface area contributed by atoms with Gasteiger partial charge >= 0.3 is 0 Å². The number of allylic oxidation sites excluding steroid dienone is 1. The number of hydrogen-bond donors (Lipinski definition) is 0. The molecule has 0 radical (unpaired) electrons. The third-order valence-electron chi connectivity index (χ3n) is 4.04. The molecule has 0 saturated heterocycles. The Morgan fingerprint density at radius 2 is 1.89 bits per heavy atom. The number of halogens is 1. The highest BCUT2D eigenvalue weighted by Crippen LogP contribution is 2.27. The van der Waals surface area contributed by atoms with Crippen LogP contribution in [-0.4, -0.2) is 15.6 Å². The molecule has 0 saturated carbocycles. The van der Waals surface area contributed by atoms with E-state index in [4.69, 9.17) is 5.10 Å². The fourth-order valence-corrected chi connectivity index (χ4v) is 3.79. The van der Waals surface area contributed by atoms with Crippen LogP contribution >= 0.6 is 27.3 Å². The second-order valence-corrected chi connectivity index (χ2v) is 7.76. The smallest absolute Gasteiger partial charge is 0.195 e. The number of rotatable bonds is 5. The Morgan fingerprint density at radius 1 is 1.04 bits per heavy atom. The Morgan fingerprint density at radius 3 is 2.63 bits per heavy atom. The van der Waals surface area contributed by atoms with Crippen LogP contribution in [-0.2, 0) is 0 Å². The zero-order valence-corrected chi connectivity index (χ0v) is 16.7. The summed E-state index contributed by atoms with van der Waals surface area (Å²) in [6.07, 6.45) is 5.40. The maximum atomic E-state index is 12.3. The van der Waals surface area contributed by atoms with Crippen molar-refractivity contribution in [2.24, 2.45) is 0 Å². The van der Waals surface area contributed by atoms with Gasteiger partial charge in [0.25, 0.3) is 0 Å². The van der Waals surface area contributed by atoms with E-state index in [9.17, 15) is 4.79 Å². The highest BCUT2D eigenvalue weighted by molar-refractivity contribution is 9.10. The molecule has 0 N–H and O–H groups in total. The van der Waals surface area contributed by atoms with Gasteiger partial charge in [-0.15, -0.1) is 11.3 Å². The van der Waals surface area contributed by atoms with Gasteiger partial charge in [-0.25, -0.2) is 4.68 Å². The second-order valence-electron chi connectivity index (χ2n) is 5.90. The standard InChI is InChI=1S/C22H15BrN2OS/c23-18-7-4-6-16(14-18)22-17(11-12-20(26)21-10-5-13-27-21)15-25(24-22)19-8-2-1-3-9-19/h1-15H/b12-11-. The van der Waals surface area contributed by atoms with Gasteiger partial charge in [-0.1, -0.05) is 52.3 Å². The van der Waals surface area contributed by atoms with Crippen LogP contribution in [0, 0.1) is 0 Å². The van der Waals surface area contributed by atoms with Gasteiger partial charge in [0, 0.05) is 21.8 Å². The number of nitrogens with zero attached hydrogens (tertiary/aromatic N) is 2. The number of para-hydroxylation sites is 1. The monoisotopic (exact) mass is 434 g/mol. The molecule has 2 aromatic heterocycles. The molecule has 27 heavy (non-hydrogen) atoms. The predicted molar refractivity (Wildman–Crippen MR) is 114 cm³/mol. The molecule has 0 unspecified atom stereocenters. The maximum absolute atomic E-state index is 12.3. The molecule has 132 valence electrons. The largest absolute Gasteiger partial charge is 0.288 e. The summed E-state index contributed by atoms with van der Waals surface area (Å²) < 4.78 is 2.82. The van der Waals surface area contributed by atoms with Gasteiger partial charge in [0.05, 0.1) is 16.3 Å². The third-order valence-corrected chi connectivity index (χ3v) is 5.42. The van der Waals surface area contributed by atoms with E-state index in [1.807, 2.05) is 89.1 Å². The molecule has 0 atom stereocenters. The summed E-state index contributed by atoms with van der Waals surface area (Å²) in [7, 11) is 0. The van der Waals surface area contributed by atoms with Gasteiger partial charge in [0.1, 0.15) is 0 Å². The van der Waals surface area contributed by atoms with E-state index in [0.717, 1.165) is 31.9 Å². The summed E-state index contributed by atoms with van der Waals surface area (Å²) in [5.74, 6) is -0.00217. The van der Waals surface area contributed by atoms with Crippen molar-refractivity contribution in [2.75, 3.05) is 0 Å². The van der Waals surface area contributed by atoms with E-state index in [0.29, 0.717) is 0 Å². The van der Waals surface area contributed by atoms with Crippen LogP contribution in [0.15, 0.2) is 88.9 Å². The molecular formula is C22H15BrN2OS. The average Bonchev–Trinajstić information content (AvgIpc) is 3.37. The van der Waals surface area contributed by atoms with Gasteiger partial charge in [0.15, 0.2) is 5.78 Å². The zero-order chi connectivity index (χ0) is 18.6. The number of thiophene rings is 1. The molecular weight excluding hydrogens is 420 g/mol. The Bertz CT molecular complexity index is 1100. The van der Waals surface area contributed by atoms with Crippen LogP contribution in [0.25, 0.3) is 23.0 Å². The van der Waals surface area contributed by atoms with Crippen LogP contribution in [0.5, 0.6) is 0 Å². The SMILES string of the molecule is O=C(/C=C\c1cn(-c2ccccc2)nc1-c1cccc(Br)c1)c1cccs1. The quantitative estimate of drug-likeness (QED) is 0.274. The third kappa shape index (κ3) is 3.99.